The molecule has 1 rings (SSSR count). The van der Waals surface area contributed by atoms with Crippen molar-refractivity contribution in [2.45, 2.75) is 6.92 Å². The quantitative estimate of drug-likeness (QED) is 0.266. The summed E-state index contributed by atoms with van der Waals surface area (Å²) in [6, 6.07) is 8.08. The topological polar surface area (TPSA) is 63.6 Å². The summed E-state index contributed by atoms with van der Waals surface area (Å²) in [5.41, 5.74) is -0.166. The number of halogens is 1. The number of hydrogen-bond acceptors (Lipinski definition) is 3. The predicted octanol–water partition coefficient (Wildman–Crippen LogP) is 2.26. The van der Waals surface area contributed by atoms with Gasteiger partial charge in [-0.2, -0.15) is 4.99 Å². The summed E-state index contributed by atoms with van der Waals surface area (Å²) in [5.74, 6) is -1.20. The third-order valence-electron chi connectivity index (χ3n) is 1.78. The van der Waals surface area contributed by atoms with E-state index in [9.17, 15) is 14.4 Å². The summed E-state index contributed by atoms with van der Waals surface area (Å²) in [6.07, 6.45) is 0. The van der Waals surface area contributed by atoms with E-state index < -0.39 is 22.6 Å². The second kappa shape index (κ2) is 5.32. The number of carbonyl (C=O) groups is 3. The molecule has 0 atom stereocenters. The molecular formula is C11H8ClNO3. The van der Waals surface area contributed by atoms with Gasteiger partial charge in [-0.15, -0.1) is 0 Å². The van der Waals surface area contributed by atoms with Crippen LogP contribution in [0.5, 0.6) is 0 Å². The number of hydrogen-bond donors (Lipinski definition) is 0. The van der Waals surface area contributed by atoms with Crippen LogP contribution in [0.1, 0.15) is 17.3 Å². The Labute approximate surface area is 96.9 Å². The zero-order valence-electron chi connectivity index (χ0n) is 8.44. The lowest BCUT2D eigenvalue weighted by Gasteiger charge is -2.00. The lowest BCUT2D eigenvalue weighted by Crippen LogP contribution is -2.22. The molecule has 0 aliphatic carbocycles. The van der Waals surface area contributed by atoms with Gasteiger partial charge in [-0.3, -0.25) is 14.4 Å². The second-order valence-electron chi connectivity index (χ2n) is 2.96. The van der Waals surface area contributed by atoms with Crippen LogP contribution in [0.15, 0.2) is 35.3 Å². The summed E-state index contributed by atoms with van der Waals surface area (Å²) in [4.78, 5) is 36.7. The molecule has 4 nitrogen and oxygen atoms in total. The molecule has 16 heavy (non-hydrogen) atoms. The Morgan fingerprint density at radius 1 is 1.12 bits per heavy atom. The van der Waals surface area contributed by atoms with Crippen LogP contribution >= 0.6 is 11.6 Å². The Morgan fingerprint density at radius 3 is 2.12 bits per heavy atom. The van der Waals surface area contributed by atoms with Gasteiger partial charge in [0, 0.05) is 12.5 Å². The van der Waals surface area contributed by atoms with Gasteiger partial charge in [-0.25, -0.2) is 0 Å². The molecule has 0 bridgehead atoms. The monoisotopic (exact) mass is 237 g/mol. The first-order chi connectivity index (χ1) is 7.52. The number of rotatable bonds is 3. The van der Waals surface area contributed by atoms with E-state index >= 15 is 0 Å². The third kappa shape index (κ3) is 3.10. The van der Waals surface area contributed by atoms with E-state index in [1.807, 2.05) is 0 Å². The summed E-state index contributed by atoms with van der Waals surface area (Å²) >= 11 is 5.02. The Morgan fingerprint density at radius 2 is 1.69 bits per heavy atom. The van der Waals surface area contributed by atoms with E-state index in [0.29, 0.717) is 0 Å². The largest absolute Gasteiger partial charge is 0.340 e. The lowest BCUT2D eigenvalue weighted by molar-refractivity contribution is -0.110. The van der Waals surface area contributed by atoms with E-state index in [1.165, 1.54) is 12.1 Å². The number of aliphatic imine (C=N–C) groups is 1. The number of nitrogens with zero attached hydrogens (tertiary/aromatic N) is 1. The van der Waals surface area contributed by atoms with E-state index in [2.05, 4.69) is 4.99 Å². The highest BCUT2D eigenvalue weighted by Crippen LogP contribution is 2.03. The molecule has 0 aromatic heterocycles. The molecule has 0 spiro atoms. The van der Waals surface area contributed by atoms with Crippen LogP contribution in [-0.2, 0) is 4.79 Å². The zero-order valence-corrected chi connectivity index (χ0v) is 9.19. The molecule has 0 unspecified atom stereocenters. The van der Waals surface area contributed by atoms with E-state index in [1.54, 1.807) is 18.2 Å². The maximum absolute atomic E-state index is 11.8. The standard InChI is InChI=1S/C11H8ClNO3/c1-7(14)9(13-11(12)16)10(15)8-5-3-2-4-6-8/h2-6H,1H3. The molecule has 0 saturated heterocycles. The van der Waals surface area contributed by atoms with Gasteiger partial charge >= 0.3 is 5.37 Å². The van der Waals surface area contributed by atoms with Crippen molar-refractivity contribution in [2.75, 3.05) is 0 Å². The summed E-state index contributed by atoms with van der Waals surface area (Å²) in [5, 5.41) is -1.09. The van der Waals surface area contributed by atoms with Gasteiger partial charge in [-0.1, -0.05) is 30.3 Å². The van der Waals surface area contributed by atoms with Gasteiger partial charge in [0.1, 0.15) is 0 Å². The average molecular weight is 238 g/mol. The molecule has 0 aliphatic heterocycles. The Balaban J connectivity index is 3.12. The fraction of sp³-hybridized carbons (Fsp3) is 0.0909. The molecule has 1 aromatic carbocycles. The van der Waals surface area contributed by atoms with Crippen molar-refractivity contribution in [3.05, 3.63) is 35.9 Å². The Bertz CT molecular complexity index is 465. The highest BCUT2D eigenvalue weighted by atomic mass is 35.5. The summed E-state index contributed by atoms with van der Waals surface area (Å²) in [6.45, 7) is 1.15. The lowest BCUT2D eigenvalue weighted by atomic mass is 10.0. The fourth-order valence-electron chi connectivity index (χ4n) is 1.10. The molecule has 0 heterocycles. The molecule has 1 aromatic rings. The van der Waals surface area contributed by atoms with Crippen LogP contribution in [-0.4, -0.2) is 22.6 Å². The Hall–Kier alpha value is -1.81. The second-order valence-corrected chi connectivity index (χ2v) is 3.29. The van der Waals surface area contributed by atoms with Crippen molar-refractivity contribution in [3.8, 4) is 0 Å². The van der Waals surface area contributed by atoms with Crippen molar-refractivity contribution in [3.63, 3.8) is 0 Å². The number of amides is 1. The van der Waals surface area contributed by atoms with Gasteiger partial charge in [0.25, 0.3) is 0 Å². The van der Waals surface area contributed by atoms with Crippen LogP contribution in [0.4, 0.5) is 4.79 Å². The van der Waals surface area contributed by atoms with Crippen molar-refractivity contribution in [1.82, 2.24) is 0 Å². The van der Waals surface area contributed by atoms with E-state index in [-0.39, 0.29) is 5.56 Å². The number of carbonyl (C=O) groups excluding carboxylic acids is 3. The summed E-state index contributed by atoms with van der Waals surface area (Å²) in [7, 11) is 0. The van der Waals surface area contributed by atoms with Crippen LogP contribution < -0.4 is 0 Å². The highest BCUT2D eigenvalue weighted by Gasteiger charge is 2.19. The number of ketones is 2. The van der Waals surface area contributed by atoms with Gasteiger partial charge in [-0.05, 0) is 11.6 Å². The van der Waals surface area contributed by atoms with Crippen molar-refractivity contribution < 1.29 is 14.4 Å². The molecule has 5 heteroatoms. The highest BCUT2D eigenvalue weighted by molar-refractivity contribution is 6.73. The molecule has 0 fully saturated rings. The maximum atomic E-state index is 11.8. The molecule has 0 saturated carbocycles. The molecule has 0 radical (unpaired) electrons. The maximum Gasteiger partial charge on any atom is 0.340 e. The normalized spacial score (nSPS) is 11.0. The molecular weight excluding hydrogens is 230 g/mol. The molecule has 1 amide bonds. The average Bonchev–Trinajstić information content (AvgIpc) is 2.25. The SMILES string of the molecule is CC(=O)C(=NC(=O)Cl)C(=O)c1ccccc1. The van der Waals surface area contributed by atoms with Crippen molar-refractivity contribution in [1.29, 1.82) is 0 Å². The number of benzene rings is 1. The van der Waals surface area contributed by atoms with Crippen molar-refractivity contribution in [2.24, 2.45) is 4.99 Å². The molecule has 0 N–H and O–H groups in total. The van der Waals surface area contributed by atoms with Crippen molar-refractivity contribution >= 4 is 34.2 Å². The first-order valence-electron chi connectivity index (χ1n) is 4.41. The van der Waals surface area contributed by atoms with Gasteiger partial charge < -0.3 is 0 Å². The van der Waals surface area contributed by atoms with E-state index in [4.69, 9.17) is 11.6 Å². The smallest absolute Gasteiger partial charge is 0.293 e. The van der Waals surface area contributed by atoms with Gasteiger partial charge in [0.05, 0.1) is 0 Å². The van der Waals surface area contributed by atoms with Crippen LogP contribution in [0.2, 0.25) is 0 Å². The minimum absolute atomic E-state index is 0.286. The summed E-state index contributed by atoms with van der Waals surface area (Å²) < 4.78 is 0. The van der Waals surface area contributed by atoms with Crippen LogP contribution in [0.3, 0.4) is 0 Å². The Kier molecular flexibility index (Phi) is 4.08. The first kappa shape index (κ1) is 12.3. The van der Waals surface area contributed by atoms with Crippen LogP contribution in [0.25, 0.3) is 0 Å². The van der Waals surface area contributed by atoms with Gasteiger partial charge in [0.15, 0.2) is 11.5 Å². The van der Waals surface area contributed by atoms with Gasteiger partial charge in [0.2, 0.25) is 5.78 Å². The molecule has 82 valence electrons. The first-order valence-corrected chi connectivity index (χ1v) is 4.79. The minimum atomic E-state index is -1.09. The van der Waals surface area contributed by atoms with E-state index in [0.717, 1.165) is 6.92 Å². The molecule has 0 aliphatic rings. The predicted molar refractivity (Wildman–Crippen MR) is 60.1 cm³/mol. The van der Waals surface area contributed by atoms with Crippen LogP contribution in [0, 0.1) is 0 Å². The fourth-order valence-corrected chi connectivity index (χ4v) is 1.19. The third-order valence-corrected chi connectivity index (χ3v) is 1.87. The number of Topliss-reactive ketones (excluding diaryl/α,β-unsaturated/α-hetero) is 2. The minimum Gasteiger partial charge on any atom is -0.293 e. The zero-order chi connectivity index (χ0) is 12.1.